The zero-order chi connectivity index (χ0) is 14.8. The van der Waals surface area contributed by atoms with E-state index in [1.165, 1.54) is 17.1 Å². The average Bonchev–Trinajstić information content (AvgIpc) is 3.13. The van der Waals surface area contributed by atoms with Gasteiger partial charge in [-0.3, -0.25) is 4.79 Å². The van der Waals surface area contributed by atoms with E-state index >= 15 is 0 Å². The lowest BCUT2D eigenvalue weighted by Gasteiger charge is -2.15. The normalized spacial score (nSPS) is 21.7. The summed E-state index contributed by atoms with van der Waals surface area (Å²) in [4.78, 5) is 15.1. The van der Waals surface area contributed by atoms with Gasteiger partial charge in [0.1, 0.15) is 4.88 Å². The van der Waals surface area contributed by atoms with Gasteiger partial charge in [-0.15, -0.1) is 5.10 Å². The quantitative estimate of drug-likeness (QED) is 0.936. The Balaban J connectivity index is 1.78. The lowest BCUT2D eigenvalue weighted by molar-refractivity contribution is 0.0792. The molecule has 0 aliphatic carbocycles. The Bertz CT molecular complexity index is 628. The van der Waals surface area contributed by atoms with E-state index in [4.69, 9.17) is 5.73 Å². The molecule has 0 saturated carbocycles. The van der Waals surface area contributed by atoms with Gasteiger partial charge in [-0.2, -0.15) is 0 Å². The van der Waals surface area contributed by atoms with Gasteiger partial charge in [-0.25, -0.2) is 0 Å². The molecule has 1 aliphatic rings. The van der Waals surface area contributed by atoms with Crippen LogP contribution in [0, 0.1) is 0 Å². The summed E-state index contributed by atoms with van der Waals surface area (Å²) in [5.74, 6) is 0.205. The highest BCUT2D eigenvalue weighted by Crippen LogP contribution is 2.28. The summed E-state index contributed by atoms with van der Waals surface area (Å²) in [6.07, 6.45) is 0.722. The number of nitrogens with zero attached hydrogens (tertiary/aromatic N) is 3. The summed E-state index contributed by atoms with van der Waals surface area (Å²) >= 11 is 1.17. The van der Waals surface area contributed by atoms with Crippen molar-refractivity contribution in [3.05, 3.63) is 46.5 Å². The zero-order valence-corrected chi connectivity index (χ0v) is 12.7. The average molecular weight is 302 g/mol. The summed E-state index contributed by atoms with van der Waals surface area (Å²) in [6, 6.07) is 10.1. The van der Waals surface area contributed by atoms with Crippen molar-refractivity contribution in [3.8, 4) is 0 Å². The Labute approximate surface area is 127 Å². The molecular formula is C15H18N4OS. The second-order valence-corrected chi connectivity index (χ2v) is 6.05. The molecule has 1 aliphatic heterocycles. The number of aryl methyl sites for hydroxylation is 1. The van der Waals surface area contributed by atoms with E-state index in [2.05, 4.69) is 21.7 Å². The van der Waals surface area contributed by atoms with E-state index < -0.39 is 0 Å². The Morgan fingerprint density at radius 3 is 2.86 bits per heavy atom. The molecule has 2 heterocycles. The van der Waals surface area contributed by atoms with E-state index in [1.54, 1.807) is 0 Å². The number of carbonyl (C=O) groups is 1. The second kappa shape index (κ2) is 5.91. The SMILES string of the molecule is CCc1nnsc1C(=O)N1C[C@@H](N)[C@H](c2ccccc2)C1. The number of amides is 1. The van der Waals surface area contributed by atoms with E-state index in [1.807, 2.05) is 30.0 Å². The van der Waals surface area contributed by atoms with Gasteiger partial charge < -0.3 is 10.6 Å². The number of hydrogen-bond donors (Lipinski definition) is 1. The molecule has 6 heteroatoms. The van der Waals surface area contributed by atoms with Crippen LogP contribution in [-0.4, -0.2) is 39.5 Å². The van der Waals surface area contributed by atoms with E-state index in [9.17, 15) is 4.79 Å². The summed E-state index contributed by atoms with van der Waals surface area (Å²) < 4.78 is 3.89. The molecule has 1 amide bonds. The molecule has 0 spiro atoms. The summed E-state index contributed by atoms with van der Waals surface area (Å²) in [6.45, 7) is 3.22. The molecule has 2 N–H and O–H groups in total. The zero-order valence-electron chi connectivity index (χ0n) is 11.9. The minimum Gasteiger partial charge on any atom is -0.336 e. The number of carbonyl (C=O) groups excluding carboxylic acids is 1. The molecule has 0 radical (unpaired) electrons. The summed E-state index contributed by atoms with van der Waals surface area (Å²) in [5.41, 5.74) is 8.21. The number of hydrogen-bond acceptors (Lipinski definition) is 5. The van der Waals surface area contributed by atoms with Crippen molar-refractivity contribution in [2.75, 3.05) is 13.1 Å². The number of likely N-dealkylation sites (tertiary alicyclic amines) is 1. The topological polar surface area (TPSA) is 72.1 Å². The van der Waals surface area contributed by atoms with Crippen LogP contribution in [-0.2, 0) is 6.42 Å². The Morgan fingerprint density at radius 2 is 2.14 bits per heavy atom. The van der Waals surface area contributed by atoms with Crippen LogP contribution in [0.4, 0.5) is 0 Å². The second-order valence-electron chi connectivity index (χ2n) is 5.29. The standard InChI is InChI=1S/C15H18N4OS/c1-2-13-14(21-18-17-13)15(20)19-8-11(12(16)9-19)10-6-4-3-5-7-10/h3-7,11-12H,2,8-9,16H2,1H3/t11-,12+/m0/s1. The molecule has 0 unspecified atom stereocenters. The number of aromatic nitrogens is 2. The Kier molecular flexibility index (Phi) is 3.98. The van der Waals surface area contributed by atoms with E-state index in [0.29, 0.717) is 18.0 Å². The van der Waals surface area contributed by atoms with Gasteiger partial charge in [-0.05, 0) is 23.5 Å². The van der Waals surface area contributed by atoms with Gasteiger partial charge in [0.15, 0.2) is 0 Å². The smallest absolute Gasteiger partial charge is 0.267 e. The van der Waals surface area contributed by atoms with E-state index in [-0.39, 0.29) is 17.9 Å². The van der Waals surface area contributed by atoms with Crippen LogP contribution >= 0.6 is 11.5 Å². The van der Waals surface area contributed by atoms with Gasteiger partial charge >= 0.3 is 0 Å². The molecule has 1 aromatic carbocycles. The van der Waals surface area contributed by atoms with Crippen LogP contribution in [0.15, 0.2) is 30.3 Å². The largest absolute Gasteiger partial charge is 0.336 e. The number of rotatable bonds is 3. The molecule has 2 aromatic rings. The molecule has 0 bridgehead atoms. The third kappa shape index (κ3) is 2.69. The monoisotopic (exact) mass is 302 g/mol. The molecule has 1 saturated heterocycles. The fourth-order valence-corrected chi connectivity index (χ4v) is 3.51. The van der Waals surface area contributed by atoms with Gasteiger partial charge in [0, 0.05) is 25.0 Å². The van der Waals surface area contributed by atoms with Crippen molar-refractivity contribution in [1.29, 1.82) is 0 Å². The maximum Gasteiger partial charge on any atom is 0.267 e. The molecular weight excluding hydrogens is 284 g/mol. The predicted molar refractivity (Wildman–Crippen MR) is 82.3 cm³/mol. The van der Waals surface area contributed by atoms with Crippen LogP contribution in [0.2, 0.25) is 0 Å². The van der Waals surface area contributed by atoms with Crippen molar-refractivity contribution in [2.24, 2.45) is 5.73 Å². The van der Waals surface area contributed by atoms with Crippen LogP contribution in [0.5, 0.6) is 0 Å². The number of nitrogens with two attached hydrogens (primary N) is 1. The summed E-state index contributed by atoms with van der Waals surface area (Å²) in [7, 11) is 0. The Hall–Kier alpha value is -1.79. The van der Waals surface area contributed by atoms with Crippen molar-refractivity contribution in [1.82, 2.24) is 14.5 Å². The van der Waals surface area contributed by atoms with Crippen LogP contribution in [0.1, 0.15) is 33.8 Å². The molecule has 110 valence electrons. The highest BCUT2D eigenvalue weighted by Gasteiger charge is 2.35. The third-order valence-electron chi connectivity index (χ3n) is 3.96. The first-order chi connectivity index (χ1) is 10.2. The first-order valence-corrected chi connectivity index (χ1v) is 7.89. The maximum absolute atomic E-state index is 12.6. The van der Waals surface area contributed by atoms with Crippen LogP contribution in [0.25, 0.3) is 0 Å². The molecule has 1 aromatic heterocycles. The molecule has 21 heavy (non-hydrogen) atoms. The van der Waals surface area contributed by atoms with Gasteiger partial charge in [0.2, 0.25) is 0 Å². The maximum atomic E-state index is 12.6. The minimum absolute atomic E-state index is 0.00994. The number of benzene rings is 1. The lowest BCUT2D eigenvalue weighted by atomic mass is 9.95. The third-order valence-corrected chi connectivity index (χ3v) is 4.72. The van der Waals surface area contributed by atoms with Gasteiger partial charge in [0.25, 0.3) is 5.91 Å². The van der Waals surface area contributed by atoms with Crippen molar-refractivity contribution < 1.29 is 4.79 Å². The molecule has 2 atom stereocenters. The minimum atomic E-state index is -0.0256. The van der Waals surface area contributed by atoms with Gasteiger partial charge in [0.05, 0.1) is 5.69 Å². The van der Waals surface area contributed by atoms with Gasteiger partial charge in [-0.1, -0.05) is 41.7 Å². The molecule has 1 fully saturated rings. The first-order valence-electron chi connectivity index (χ1n) is 7.11. The first kappa shape index (κ1) is 14.2. The predicted octanol–water partition coefficient (Wildman–Crippen LogP) is 1.67. The fraction of sp³-hybridized carbons (Fsp3) is 0.400. The van der Waals surface area contributed by atoms with Crippen molar-refractivity contribution in [3.63, 3.8) is 0 Å². The van der Waals surface area contributed by atoms with Crippen molar-refractivity contribution in [2.45, 2.75) is 25.3 Å². The molecule has 5 nitrogen and oxygen atoms in total. The fourth-order valence-electron chi connectivity index (χ4n) is 2.79. The van der Waals surface area contributed by atoms with Crippen LogP contribution in [0.3, 0.4) is 0 Å². The van der Waals surface area contributed by atoms with Crippen molar-refractivity contribution >= 4 is 17.4 Å². The van der Waals surface area contributed by atoms with Crippen LogP contribution < -0.4 is 5.73 Å². The van der Waals surface area contributed by atoms with E-state index in [0.717, 1.165) is 12.1 Å². The highest BCUT2D eigenvalue weighted by molar-refractivity contribution is 7.08. The lowest BCUT2D eigenvalue weighted by Crippen LogP contribution is -2.32. The molecule has 3 rings (SSSR count). The summed E-state index contributed by atoms with van der Waals surface area (Å²) in [5, 5.41) is 4.01. The highest BCUT2D eigenvalue weighted by atomic mass is 32.1. The Morgan fingerprint density at radius 1 is 1.38 bits per heavy atom.